The fraction of sp³-hybridized carbons (Fsp3) is 0.0800. The molecule has 3 aromatic carbocycles. The summed E-state index contributed by atoms with van der Waals surface area (Å²) in [5.74, 6) is -0.322. The lowest BCUT2D eigenvalue weighted by Gasteiger charge is -2.10. The molecule has 3 aromatic rings. The molecule has 1 N–H and O–H groups in total. The Morgan fingerprint density at radius 2 is 1.32 bits per heavy atom. The molecular weight excluding hydrogens is 392 g/mol. The minimum absolute atomic E-state index is 0.0710. The number of ether oxygens (including phenoxy) is 2. The quantitative estimate of drug-likeness (QED) is 0.198. The smallest absolute Gasteiger partial charge is 0.356 e. The number of nitrogens with zero attached hydrogens (tertiary/aromatic N) is 1. The Balaban J connectivity index is 1.97. The Kier molecular flexibility index (Phi) is 7.32. The van der Waals surface area contributed by atoms with Crippen LogP contribution in [0, 0.1) is 0 Å². The van der Waals surface area contributed by atoms with E-state index in [1.807, 2.05) is 60.7 Å². The monoisotopic (exact) mass is 414 g/mol. The average Bonchev–Trinajstić information content (AvgIpc) is 2.84. The van der Waals surface area contributed by atoms with Gasteiger partial charge in [-0.05, 0) is 24.3 Å². The lowest BCUT2D eigenvalue weighted by atomic mass is 10.0. The van der Waals surface area contributed by atoms with Crippen LogP contribution < -0.4 is 10.2 Å². The molecule has 0 aromatic heterocycles. The van der Waals surface area contributed by atoms with E-state index in [1.54, 1.807) is 31.4 Å². The summed E-state index contributed by atoms with van der Waals surface area (Å²) in [4.78, 5) is 24.8. The lowest BCUT2D eigenvalue weighted by molar-refractivity contribution is -0.136. The molecule has 0 aliphatic heterocycles. The van der Waals surface area contributed by atoms with Crippen molar-refractivity contribution in [3.05, 3.63) is 113 Å². The molecule has 0 atom stereocenters. The highest BCUT2D eigenvalue weighted by atomic mass is 16.5. The van der Waals surface area contributed by atoms with Gasteiger partial charge in [-0.25, -0.2) is 4.79 Å². The molecule has 6 heteroatoms. The minimum atomic E-state index is -0.699. The Morgan fingerprint density at radius 1 is 0.774 bits per heavy atom. The Labute approximate surface area is 180 Å². The highest BCUT2D eigenvalue weighted by Gasteiger charge is 2.14. The molecule has 0 saturated heterocycles. The third-order valence-corrected chi connectivity index (χ3v) is 4.44. The van der Waals surface area contributed by atoms with Crippen molar-refractivity contribution in [3.63, 3.8) is 0 Å². The number of rotatable bonds is 8. The summed E-state index contributed by atoms with van der Waals surface area (Å²) < 4.78 is 10.0. The van der Waals surface area contributed by atoms with Gasteiger partial charge in [0.2, 0.25) is 0 Å². The number of carbonyl (C=O) groups is 2. The maximum atomic E-state index is 12.5. The Hall–Kier alpha value is -4.19. The van der Waals surface area contributed by atoms with E-state index in [4.69, 9.17) is 9.47 Å². The number of carbonyl (C=O) groups excluding carboxylic acids is 2. The van der Waals surface area contributed by atoms with Gasteiger partial charge in [0.25, 0.3) is 0 Å². The Morgan fingerprint density at radius 3 is 1.87 bits per heavy atom. The maximum Gasteiger partial charge on any atom is 0.356 e. The van der Waals surface area contributed by atoms with Crippen molar-refractivity contribution in [3.8, 4) is 5.75 Å². The number of ketones is 1. The van der Waals surface area contributed by atoms with Gasteiger partial charge in [-0.1, -0.05) is 60.7 Å². The molecule has 6 nitrogen and oxygen atoms in total. The minimum Gasteiger partial charge on any atom is -0.497 e. The molecule has 0 radical (unpaired) electrons. The first-order chi connectivity index (χ1) is 15.1. The predicted molar refractivity (Wildman–Crippen MR) is 119 cm³/mol. The molecule has 0 spiro atoms. The average molecular weight is 414 g/mol. The zero-order chi connectivity index (χ0) is 22.1. The number of esters is 1. The second-order valence-electron chi connectivity index (χ2n) is 6.45. The van der Waals surface area contributed by atoms with E-state index in [-0.39, 0.29) is 11.5 Å². The summed E-state index contributed by atoms with van der Waals surface area (Å²) in [6.07, 6.45) is 1.18. The van der Waals surface area contributed by atoms with Gasteiger partial charge in [-0.3, -0.25) is 10.2 Å². The van der Waals surface area contributed by atoms with Gasteiger partial charge >= 0.3 is 5.97 Å². The van der Waals surface area contributed by atoms with Gasteiger partial charge < -0.3 is 9.47 Å². The molecule has 0 aliphatic rings. The molecular formula is C25H22N2O4. The second kappa shape index (κ2) is 10.5. The Bertz CT molecular complexity index is 1090. The topological polar surface area (TPSA) is 77.0 Å². The van der Waals surface area contributed by atoms with Gasteiger partial charge in [0, 0.05) is 22.8 Å². The van der Waals surface area contributed by atoms with E-state index < -0.39 is 5.97 Å². The van der Waals surface area contributed by atoms with Crippen LogP contribution in [0.5, 0.6) is 5.75 Å². The van der Waals surface area contributed by atoms with Crippen molar-refractivity contribution in [1.29, 1.82) is 0 Å². The van der Waals surface area contributed by atoms with Gasteiger partial charge in [0.1, 0.15) is 11.4 Å². The fourth-order valence-electron chi connectivity index (χ4n) is 2.82. The number of hydrazone groups is 1. The standard InChI is InChI=1S/C25H22N2O4/c1-30-21-15-13-20(14-16-21)24(19-11-7-4-8-12-19)27-26-22(25(29)31-2)17-23(28)18-9-5-3-6-10-18/h3-17,26H,1-2H3/b22-17-,27-24-. The van der Waals surface area contributed by atoms with Crippen molar-refractivity contribution in [2.24, 2.45) is 5.10 Å². The number of hydrogen-bond acceptors (Lipinski definition) is 6. The third-order valence-electron chi connectivity index (χ3n) is 4.44. The number of methoxy groups -OCH3 is 2. The first-order valence-corrected chi connectivity index (χ1v) is 9.55. The fourth-order valence-corrected chi connectivity index (χ4v) is 2.82. The summed E-state index contributed by atoms with van der Waals surface area (Å²) in [5.41, 5.74) is 5.32. The molecule has 156 valence electrons. The van der Waals surface area contributed by atoms with Crippen molar-refractivity contribution < 1.29 is 19.1 Å². The summed E-state index contributed by atoms with van der Waals surface area (Å²) in [6, 6.07) is 25.5. The molecule has 0 heterocycles. The van der Waals surface area contributed by atoms with Crippen LogP contribution in [0.25, 0.3) is 0 Å². The van der Waals surface area contributed by atoms with Crippen LogP contribution in [-0.4, -0.2) is 31.7 Å². The van der Waals surface area contributed by atoms with E-state index >= 15 is 0 Å². The van der Waals surface area contributed by atoms with Crippen LogP contribution >= 0.6 is 0 Å². The van der Waals surface area contributed by atoms with Crippen LogP contribution in [0.4, 0.5) is 0 Å². The van der Waals surface area contributed by atoms with E-state index in [0.29, 0.717) is 17.0 Å². The molecule has 0 unspecified atom stereocenters. The number of hydrogen-bond donors (Lipinski definition) is 1. The normalized spacial score (nSPS) is 11.5. The van der Waals surface area contributed by atoms with Crippen LogP contribution in [0.15, 0.2) is 102 Å². The highest BCUT2D eigenvalue weighted by Crippen LogP contribution is 2.16. The SMILES string of the molecule is COC(=O)/C(=C/C(=O)c1ccccc1)N/N=C(/c1ccccc1)c1ccc(OC)cc1. The summed E-state index contributed by atoms with van der Waals surface area (Å²) >= 11 is 0. The lowest BCUT2D eigenvalue weighted by Crippen LogP contribution is -2.21. The van der Waals surface area contributed by atoms with E-state index in [9.17, 15) is 9.59 Å². The molecule has 3 rings (SSSR count). The van der Waals surface area contributed by atoms with Crippen molar-refractivity contribution in [2.75, 3.05) is 14.2 Å². The first kappa shape index (κ1) is 21.5. The summed E-state index contributed by atoms with van der Waals surface area (Å²) in [7, 11) is 2.84. The van der Waals surface area contributed by atoms with Gasteiger partial charge in [-0.2, -0.15) is 5.10 Å². The van der Waals surface area contributed by atoms with E-state index in [2.05, 4.69) is 10.5 Å². The molecule has 0 aliphatic carbocycles. The number of allylic oxidation sites excluding steroid dienone is 1. The van der Waals surface area contributed by atoms with Crippen molar-refractivity contribution in [1.82, 2.24) is 5.43 Å². The van der Waals surface area contributed by atoms with Crippen molar-refractivity contribution >= 4 is 17.5 Å². The molecule has 0 fully saturated rings. The molecule has 0 bridgehead atoms. The van der Waals surface area contributed by atoms with E-state index in [0.717, 1.165) is 11.1 Å². The van der Waals surface area contributed by atoms with Crippen molar-refractivity contribution in [2.45, 2.75) is 0 Å². The summed E-state index contributed by atoms with van der Waals surface area (Å²) in [5, 5.41) is 4.44. The maximum absolute atomic E-state index is 12.5. The van der Waals surface area contributed by atoms with E-state index in [1.165, 1.54) is 13.2 Å². The van der Waals surface area contributed by atoms with Gasteiger partial charge in [-0.15, -0.1) is 0 Å². The predicted octanol–water partition coefficient (Wildman–Crippen LogP) is 3.98. The number of nitrogens with one attached hydrogen (secondary N) is 1. The van der Waals surface area contributed by atoms with Gasteiger partial charge in [0.15, 0.2) is 5.78 Å². The zero-order valence-corrected chi connectivity index (χ0v) is 17.2. The molecule has 31 heavy (non-hydrogen) atoms. The molecule has 0 saturated carbocycles. The first-order valence-electron chi connectivity index (χ1n) is 9.55. The van der Waals surface area contributed by atoms with Crippen LogP contribution in [0.3, 0.4) is 0 Å². The number of benzene rings is 3. The van der Waals surface area contributed by atoms with Crippen LogP contribution in [0.2, 0.25) is 0 Å². The van der Waals surface area contributed by atoms with Crippen LogP contribution in [-0.2, 0) is 9.53 Å². The van der Waals surface area contributed by atoms with Crippen LogP contribution in [0.1, 0.15) is 21.5 Å². The second-order valence-corrected chi connectivity index (χ2v) is 6.45. The summed E-state index contributed by atoms with van der Waals surface area (Å²) in [6.45, 7) is 0. The third kappa shape index (κ3) is 5.67. The van der Waals surface area contributed by atoms with Gasteiger partial charge in [0.05, 0.1) is 19.9 Å². The molecule has 0 amide bonds. The zero-order valence-electron chi connectivity index (χ0n) is 17.2. The highest BCUT2D eigenvalue weighted by molar-refractivity contribution is 6.13. The largest absolute Gasteiger partial charge is 0.497 e.